The van der Waals surface area contributed by atoms with Gasteiger partial charge >= 0.3 is 6.03 Å². The third-order valence-electron chi connectivity index (χ3n) is 2.50. The van der Waals surface area contributed by atoms with Crippen LogP contribution >= 0.6 is 15.9 Å². The van der Waals surface area contributed by atoms with Crippen molar-refractivity contribution in [3.8, 4) is 0 Å². The molecule has 0 saturated carbocycles. The van der Waals surface area contributed by atoms with Crippen LogP contribution in [0.2, 0.25) is 0 Å². The highest BCUT2D eigenvalue weighted by molar-refractivity contribution is 9.10. The van der Waals surface area contributed by atoms with Crippen molar-refractivity contribution in [1.82, 2.24) is 10.6 Å². The molecule has 0 aromatic heterocycles. The van der Waals surface area contributed by atoms with Gasteiger partial charge in [0.2, 0.25) is 5.91 Å². The van der Waals surface area contributed by atoms with E-state index in [4.69, 9.17) is 0 Å². The smallest absolute Gasteiger partial charge is 0.321 e. The third-order valence-corrected chi connectivity index (χ3v) is 3.10. The topological polar surface area (TPSA) is 70.2 Å². The van der Waals surface area contributed by atoms with Crippen LogP contribution in [0.15, 0.2) is 16.6 Å². The summed E-state index contributed by atoms with van der Waals surface area (Å²) in [7, 11) is 1.41. The van der Waals surface area contributed by atoms with E-state index < -0.39 is 23.8 Å². The molecule has 0 heterocycles. The number of rotatable bonds is 3. The van der Waals surface area contributed by atoms with Crippen molar-refractivity contribution in [3.63, 3.8) is 0 Å². The van der Waals surface area contributed by atoms with E-state index in [9.17, 15) is 14.0 Å². The molecule has 3 N–H and O–H groups in total. The summed E-state index contributed by atoms with van der Waals surface area (Å²) in [5.41, 5.74) is 1.29. The molecule has 19 heavy (non-hydrogen) atoms. The Morgan fingerprint density at radius 3 is 2.58 bits per heavy atom. The summed E-state index contributed by atoms with van der Waals surface area (Å²) >= 11 is 3.08. The zero-order valence-corrected chi connectivity index (χ0v) is 12.4. The average Bonchev–Trinajstić information content (AvgIpc) is 2.35. The molecule has 1 aromatic rings. The van der Waals surface area contributed by atoms with Gasteiger partial charge in [0.15, 0.2) is 0 Å². The zero-order chi connectivity index (χ0) is 14.6. The van der Waals surface area contributed by atoms with Crippen LogP contribution in [0.4, 0.5) is 14.9 Å². The van der Waals surface area contributed by atoms with Gasteiger partial charge in [0.05, 0.1) is 4.47 Å². The summed E-state index contributed by atoms with van der Waals surface area (Å²) in [5.74, 6) is -0.922. The van der Waals surface area contributed by atoms with Crippen molar-refractivity contribution in [2.75, 3.05) is 12.4 Å². The van der Waals surface area contributed by atoms with Gasteiger partial charge in [-0.3, -0.25) is 10.1 Å². The first-order valence-electron chi connectivity index (χ1n) is 5.60. The summed E-state index contributed by atoms with van der Waals surface area (Å²) in [6.45, 7) is 3.37. The Morgan fingerprint density at radius 1 is 1.37 bits per heavy atom. The van der Waals surface area contributed by atoms with Crippen molar-refractivity contribution in [1.29, 1.82) is 0 Å². The lowest BCUT2D eigenvalue weighted by molar-refractivity contribution is -0.120. The van der Waals surface area contributed by atoms with E-state index in [1.54, 1.807) is 19.9 Å². The molecule has 1 aromatic carbocycles. The molecule has 3 amide bonds. The fraction of sp³-hybridized carbons (Fsp3) is 0.333. The number of hydrogen-bond donors (Lipinski definition) is 3. The van der Waals surface area contributed by atoms with Crippen LogP contribution in [0.25, 0.3) is 0 Å². The number of hydrogen-bond acceptors (Lipinski definition) is 3. The summed E-state index contributed by atoms with van der Waals surface area (Å²) in [6, 6.07) is 1.65. The van der Waals surface area contributed by atoms with Crippen molar-refractivity contribution in [3.05, 3.63) is 28.0 Å². The summed E-state index contributed by atoms with van der Waals surface area (Å²) in [4.78, 5) is 22.7. The van der Waals surface area contributed by atoms with E-state index in [0.29, 0.717) is 10.2 Å². The second-order valence-corrected chi connectivity index (χ2v) is 4.87. The van der Waals surface area contributed by atoms with Gasteiger partial charge in [-0.2, -0.15) is 0 Å². The normalized spacial score (nSPS) is 11.6. The minimum Gasteiger partial charge on any atom is -0.374 e. The molecule has 0 bridgehead atoms. The van der Waals surface area contributed by atoms with Crippen LogP contribution < -0.4 is 16.0 Å². The summed E-state index contributed by atoms with van der Waals surface area (Å²) in [6.07, 6.45) is 0. The second kappa shape index (κ2) is 6.51. The summed E-state index contributed by atoms with van der Waals surface area (Å²) in [5, 5.41) is 7.27. The Balaban J connectivity index is 2.77. The minimum atomic E-state index is -0.670. The van der Waals surface area contributed by atoms with Gasteiger partial charge in [0.25, 0.3) is 0 Å². The van der Waals surface area contributed by atoms with Gasteiger partial charge in [0.1, 0.15) is 11.9 Å². The van der Waals surface area contributed by atoms with E-state index in [1.807, 2.05) is 0 Å². The van der Waals surface area contributed by atoms with Crippen molar-refractivity contribution in [2.24, 2.45) is 0 Å². The summed E-state index contributed by atoms with van der Waals surface area (Å²) < 4.78 is 13.8. The van der Waals surface area contributed by atoms with Crippen molar-refractivity contribution < 1.29 is 14.0 Å². The average molecular weight is 332 g/mol. The van der Waals surface area contributed by atoms with Gasteiger partial charge in [-0.25, -0.2) is 9.18 Å². The van der Waals surface area contributed by atoms with Crippen LogP contribution in [0, 0.1) is 12.7 Å². The molecular weight excluding hydrogens is 317 g/mol. The number of benzene rings is 1. The molecule has 7 heteroatoms. The Kier molecular flexibility index (Phi) is 5.29. The SMILES string of the molecule is CNC(=O)NC(=O)C(C)Nc1cc(F)c(Br)cc1C. The molecule has 0 aliphatic rings. The van der Waals surface area contributed by atoms with E-state index in [0.717, 1.165) is 5.56 Å². The predicted octanol–water partition coefficient (Wildman–Crippen LogP) is 2.15. The number of aryl methyl sites for hydroxylation is 1. The fourth-order valence-electron chi connectivity index (χ4n) is 1.38. The zero-order valence-electron chi connectivity index (χ0n) is 10.8. The third kappa shape index (κ3) is 4.20. The van der Waals surface area contributed by atoms with Crippen LogP contribution in [0.5, 0.6) is 0 Å². The van der Waals surface area contributed by atoms with Crippen molar-refractivity contribution >= 4 is 33.6 Å². The quantitative estimate of drug-likeness (QED) is 0.794. The Morgan fingerprint density at radius 2 is 2.00 bits per heavy atom. The van der Waals surface area contributed by atoms with E-state index in [-0.39, 0.29) is 0 Å². The standard InChI is InChI=1S/C12H15BrFN3O2/c1-6-4-8(13)9(14)5-10(6)16-7(2)11(18)17-12(19)15-3/h4-5,7,16H,1-3H3,(H2,15,17,18,19). The fourth-order valence-corrected chi connectivity index (χ4v) is 1.84. The lowest BCUT2D eigenvalue weighted by atomic mass is 10.1. The monoisotopic (exact) mass is 331 g/mol. The molecule has 1 rings (SSSR count). The number of amides is 3. The number of urea groups is 1. The number of carbonyl (C=O) groups excluding carboxylic acids is 2. The van der Waals surface area contributed by atoms with Crippen LogP contribution in [0.3, 0.4) is 0 Å². The number of imide groups is 1. The first-order valence-corrected chi connectivity index (χ1v) is 6.39. The molecular formula is C12H15BrFN3O2. The van der Waals surface area contributed by atoms with Gasteiger partial charge in [-0.1, -0.05) is 0 Å². The Labute approximate surface area is 119 Å². The molecule has 0 aliphatic heterocycles. The molecule has 1 unspecified atom stereocenters. The predicted molar refractivity (Wildman–Crippen MR) is 74.5 cm³/mol. The Hall–Kier alpha value is -1.63. The highest BCUT2D eigenvalue weighted by atomic mass is 79.9. The lowest BCUT2D eigenvalue weighted by Gasteiger charge is -2.16. The van der Waals surface area contributed by atoms with E-state index >= 15 is 0 Å². The Bertz CT molecular complexity index is 508. The minimum absolute atomic E-state index is 0.359. The molecule has 104 valence electrons. The molecule has 0 spiro atoms. The molecule has 0 saturated heterocycles. The molecule has 1 atom stereocenters. The van der Waals surface area contributed by atoms with E-state index in [1.165, 1.54) is 13.1 Å². The first-order chi connectivity index (χ1) is 8.85. The van der Waals surface area contributed by atoms with Gasteiger partial charge in [0, 0.05) is 12.7 Å². The van der Waals surface area contributed by atoms with Crippen LogP contribution in [0.1, 0.15) is 12.5 Å². The van der Waals surface area contributed by atoms with E-state index in [2.05, 4.69) is 31.9 Å². The maximum Gasteiger partial charge on any atom is 0.321 e. The number of carbonyl (C=O) groups is 2. The highest BCUT2D eigenvalue weighted by Gasteiger charge is 2.16. The second-order valence-electron chi connectivity index (χ2n) is 4.02. The maximum atomic E-state index is 13.4. The first kappa shape index (κ1) is 15.4. The van der Waals surface area contributed by atoms with Gasteiger partial charge in [-0.05, 0) is 47.5 Å². The number of nitrogens with one attached hydrogen (secondary N) is 3. The van der Waals surface area contributed by atoms with Gasteiger partial charge < -0.3 is 10.6 Å². The number of anilines is 1. The largest absolute Gasteiger partial charge is 0.374 e. The molecule has 0 radical (unpaired) electrons. The maximum absolute atomic E-state index is 13.4. The molecule has 0 fully saturated rings. The van der Waals surface area contributed by atoms with Crippen molar-refractivity contribution in [2.45, 2.75) is 19.9 Å². The highest BCUT2D eigenvalue weighted by Crippen LogP contribution is 2.24. The number of halogens is 2. The molecule has 5 nitrogen and oxygen atoms in total. The van der Waals surface area contributed by atoms with Crippen LogP contribution in [-0.2, 0) is 4.79 Å². The van der Waals surface area contributed by atoms with Crippen LogP contribution in [-0.4, -0.2) is 25.0 Å². The van der Waals surface area contributed by atoms with Gasteiger partial charge in [-0.15, -0.1) is 0 Å². The lowest BCUT2D eigenvalue weighted by Crippen LogP contribution is -2.44. The molecule has 0 aliphatic carbocycles.